The van der Waals surface area contributed by atoms with Crippen LogP contribution in [0, 0.1) is 0 Å². The highest BCUT2D eigenvalue weighted by atomic mass is 16.6. The fraction of sp³-hybridized carbons (Fsp3) is 0.632. The molecule has 0 saturated carbocycles. The first-order valence-electron chi connectivity index (χ1n) is 8.91. The molecule has 0 atom stereocenters. The van der Waals surface area contributed by atoms with Gasteiger partial charge in [0.15, 0.2) is 0 Å². The summed E-state index contributed by atoms with van der Waals surface area (Å²) in [5.74, 6) is 0.831. The molecular formula is C19H30N2O4. The predicted molar refractivity (Wildman–Crippen MR) is 96.8 cm³/mol. The van der Waals surface area contributed by atoms with Crippen LogP contribution in [0.5, 0.6) is 5.75 Å². The van der Waals surface area contributed by atoms with Crippen LogP contribution in [0.2, 0.25) is 0 Å². The molecule has 0 saturated heterocycles. The van der Waals surface area contributed by atoms with E-state index in [2.05, 4.69) is 11.4 Å². The Labute approximate surface area is 150 Å². The predicted octanol–water partition coefficient (Wildman–Crippen LogP) is 2.46. The van der Waals surface area contributed by atoms with Gasteiger partial charge in [-0.1, -0.05) is 6.07 Å². The zero-order valence-corrected chi connectivity index (χ0v) is 15.7. The van der Waals surface area contributed by atoms with Gasteiger partial charge in [0.2, 0.25) is 0 Å². The van der Waals surface area contributed by atoms with Crippen molar-refractivity contribution in [1.82, 2.24) is 10.2 Å². The van der Waals surface area contributed by atoms with E-state index in [-0.39, 0.29) is 12.7 Å². The van der Waals surface area contributed by atoms with Gasteiger partial charge in [0, 0.05) is 31.7 Å². The molecule has 2 N–H and O–H groups in total. The van der Waals surface area contributed by atoms with Crippen LogP contribution in [0.1, 0.15) is 44.4 Å². The molecule has 6 nitrogen and oxygen atoms in total. The number of fused-ring (bicyclic) bond motifs is 1. The second-order valence-electron chi connectivity index (χ2n) is 7.21. The van der Waals surface area contributed by atoms with Crippen molar-refractivity contribution in [2.24, 2.45) is 0 Å². The minimum absolute atomic E-state index is 0.111. The van der Waals surface area contributed by atoms with Crippen molar-refractivity contribution in [1.29, 1.82) is 0 Å². The molecule has 1 aromatic rings. The molecule has 2 rings (SSSR count). The van der Waals surface area contributed by atoms with Crippen molar-refractivity contribution in [3.63, 3.8) is 0 Å². The lowest BCUT2D eigenvalue weighted by Crippen LogP contribution is -2.40. The third-order valence-electron chi connectivity index (χ3n) is 3.95. The quantitative estimate of drug-likeness (QED) is 0.771. The van der Waals surface area contributed by atoms with Gasteiger partial charge in [-0.05, 0) is 51.3 Å². The summed E-state index contributed by atoms with van der Waals surface area (Å²) in [4.78, 5) is 14.1. The SMILES string of the molecule is CCOc1cc2c(cc1CNCCO)CCN(C(=O)OC(C)(C)C)C2. The highest BCUT2D eigenvalue weighted by Gasteiger charge is 2.26. The average Bonchev–Trinajstić information content (AvgIpc) is 2.53. The molecule has 0 aromatic heterocycles. The second kappa shape index (κ2) is 8.54. The van der Waals surface area contributed by atoms with E-state index in [1.165, 1.54) is 5.56 Å². The summed E-state index contributed by atoms with van der Waals surface area (Å²) in [5, 5.41) is 12.1. The fourth-order valence-corrected chi connectivity index (χ4v) is 2.85. The first-order chi connectivity index (χ1) is 11.8. The van der Waals surface area contributed by atoms with Crippen molar-refractivity contribution in [3.05, 3.63) is 28.8 Å². The smallest absolute Gasteiger partial charge is 0.410 e. The van der Waals surface area contributed by atoms with E-state index in [4.69, 9.17) is 14.6 Å². The van der Waals surface area contributed by atoms with Crippen LogP contribution in [-0.4, -0.2) is 48.0 Å². The summed E-state index contributed by atoms with van der Waals surface area (Å²) in [7, 11) is 0. The molecule has 0 unspecified atom stereocenters. The molecule has 140 valence electrons. The van der Waals surface area contributed by atoms with Crippen LogP contribution in [0.15, 0.2) is 12.1 Å². The van der Waals surface area contributed by atoms with E-state index in [0.717, 1.165) is 23.3 Å². The van der Waals surface area contributed by atoms with Gasteiger partial charge in [-0.2, -0.15) is 0 Å². The average molecular weight is 350 g/mol. The summed E-state index contributed by atoms with van der Waals surface area (Å²) in [6.07, 6.45) is 0.526. The lowest BCUT2D eigenvalue weighted by Gasteiger charge is -2.32. The van der Waals surface area contributed by atoms with Crippen LogP contribution in [0.4, 0.5) is 4.79 Å². The number of benzene rings is 1. The molecule has 0 bridgehead atoms. The lowest BCUT2D eigenvalue weighted by atomic mass is 9.96. The number of carbonyl (C=O) groups excluding carboxylic acids is 1. The van der Waals surface area contributed by atoms with Gasteiger partial charge < -0.3 is 24.8 Å². The molecule has 1 aromatic carbocycles. The maximum atomic E-state index is 12.3. The maximum Gasteiger partial charge on any atom is 0.410 e. The Morgan fingerprint density at radius 2 is 2.08 bits per heavy atom. The number of ether oxygens (including phenoxy) is 2. The molecule has 0 spiro atoms. The zero-order chi connectivity index (χ0) is 18.4. The largest absolute Gasteiger partial charge is 0.494 e. The van der Waals surface area contributed by atoms with Crippen LogP contribution in [0.3, 0.4) is 0 Å². The third-order valence-corrected chi connectivity index (χ3v) is 3.95. The topological polar surface area (TPSA) is 71.0 Å². The summed E-state index contributed by atoms with van der Waals surface area (Å²) in [6.45, 7) is 10.7. The summed E-state index contributed by atoms with van der Waals surface area (Å²) >= 11 is 0. The number of aliphatic hydroxyl groups excluding tert-OH is 1. The molecule has 25 heavy (non-hydrogen) atoms. The zero-order valence-electron chi connectivity index (χ0n) is 15.7. The molecule has 0 aliphatic carbocycles. The minimum atomic E-state index is -0.490. The van der Waals surface area contributed by atoms with Gasteiger partial charge >= 0.3 is 6.09 Å². The van der Waals surface area contributed by atoms with Gasteiger partial charge in [0.05, 0.1) is 13.2 Å². The van der Waals surface area contributed by atoms with E-state index in [9.17, 15) is 4.79 Å². The van der Waals surface area contributed by atoms with Crippen molar-refractivity contribution in [3.8, 4) is 5.75 Å². The van der Waals surface area contributed by atoms with E-state index < -0.39 is 5.60 Å². The van der Waals surface area contributed by atoms with Crippen LogP contribution in [0.25, 0.3) is 0 Å². The van der Waals surface area contributed by atoms with Gasteiger partial charge in [-0.25, -0.2) is 4.79 Å². The van der Waals surface area contributed by atoms with Crippen molar-refractivity contribution >= 4 is 6.09 Å². The lowest BCUT2D eigenvalue weighted by molar-refractivity contribution is 0.0223. The molecular weight excluding hydrogens is 320 g/mol. The number of carbonyl (C=O) groups is 1. The normalized spacial score (nSPS) is 14.2. The van der Waals surface area contributed by atoms with Gasteiger partial charge in [0.25, 0.3) is 0 Å². The Morgan fingerprint density at radius 3 is 2.72 bits per heavy atom. The number of aliphatic hydroxyl groups is 1. The Kier molecular flexibility index (Phi) is 6.67. The van der Waals surface area contributed by atoms with Gasteiger partial charge in [-0.3, -0.25) is 0 Å². The number of nitrogens with one attached hydrogen (secondary N) is 1. The fourth-order valence-electron chi connectivity index (χ4n) is 2.85. The first-order valence-corrected chi connectivity index (χ1v) is 8.91. The van der Waals surface area contributed by atoms with Crippen molar-refractivity contribution in [2.75, 3.05) is 26.3 Å². The van der Waals surface area contributed by atoms with E-state index >= 15 is 0 Å². The van der Waals surface area contributed by atoms with Crippen molar-refractivity contribution in [2.45, 2.75) is 52.8 Å². The molecule has 1 heterocycles. The summed E-state index contributed by atoms with van der Waals surface area (Å²) < 4.78 is 11.3. The maximum absolute atomic E-state index is 12.3. The van der Waals surface area contributed by atoms with E-state index in [1.807, 2.05) is 33.8 Å². The number of hydrogen-bond acceptors (Lipinski definition) is 5. The number of hydrogen-bond donors (Lipinski definition) is 2. The third kappa shape index (κ3) is 5.61. The Morgan fingerprint density at radius 1 is 1.32 bits per heavy atom. The Bertz CT molecular complexity index is 596. The van der Waals surface area contributed by atoms with Gasteiger partial charge in [0.1, 0.15) is 11.4 Å². The Hall–Kier alpha value is -1.79. The van der Waals surface area contributed by atoms with Crippen LogP contribution < -0.4 is 10.1 Å². The minimum Gasteiger partial charge on any atom is -0.494 e. The van der Waals surface area contributed by atoms with E-state index in [0.29, 0.717) is 32.8 Å². The summed E-state index contributed by atoms with van der Waals surface area (Å²) in [5.41, 5.74) is 2.94. The number of amides is 1. The monoisotopic (exact) mass is 350 g/mol. The Balaban J connectivity index is 2.15. The van der Waals surface area contributed by atoms with E-state index in [1.54, 1.807) is 4.90 Å². The molecule has 1 aliphatic heterocycles. The molecule has 6 heteroatoms. The van der Waals surface area contributed by atoms with Gasteiger partial charge in [-0.15, -0.1) is 0 Å². The molecule has 1 amide bonds. The molecule has 0 fully saturated rings. The highest BCUT2D eigenvalue weighted by molar-refractivity contribution is 5.68. The number of rotatable bonds is 6. The standard InChI is InChI=1S/C19H30N2O4/c1-5-24-17-11-16-13-21(18(23)25-19(2,3)4)8-6-14(16)10-15(17)12-20-7-9-22/h10-11,20,22H,5-9,12-13H2,1-4H3. The van der Waals surface area contributed by atoms with Crippen LogP contribution >= 0.6 is 0 Å². The first kappa shape index (κ1) is 19.5. The molecule has 1 aliphatic rings. The van der Waals surface area contributed by atoms with Crippen LogP contribution in [-0.2, 0) is 24.2 Å². The molecule has 0 radical (unpaired) electrons. The number of nitrogens with zero attached hydrogens (tertiary/aromatic N) is 1. The van der Waals surface area contributed by atoms with Crippen molar-refractivity contribution < 1.29 is 19.4 Å². The highest BCUT2D eigenvalue weighted by Crippen LogP contribution is 2.29. The second-order valence-corrected chi connectivity index (χ2v) is 7.21. The summed E-state index contributed by atoms with van der Waals surface area (Å²) in [6, 6.07) is 4.18.